The van der Waals surface area contributed by atoms with Gasteiger partial charge in [-0.3, -0.25) is 0 Å². The summed E-state index contributed by atoms with van der Waals surface area (Å²) in [6.45, 7) is 1.88. The van der Waals surface area contributed by atoms with E-state index in [1.54, 1.807) is 6.07 Å². The number of nitrogens with zero attached hydrogens (tertiary/aromatic N) is 2. The highest BCUT2D eigenvalue weighted by atomic mass is 16.6. The number of carbonyl (C=O) groups excluding carboxylic acids is 1. The van der Waals surface area contributed by atoms with Gasteiger partial charge in [0.2, 0.25) is 0 Å². The van der Waals surface area contributed by atoms with Gasteiger partial charge in [-0.1, -0.05) is 12.1 Å². The molecule has 2 aliphatic heterocycles. The Morgan fingerprint density at radius 1 is 1.26 bits per heavy atom. The average molecular weight is 315 g/mol. The second kappa shape index (κ2) is 5.23. The van der Waals surface area contributed by atoms with Gasteiger partial charge in [0.25, 0.3) is 0 Å². The minimum Gasteiger partial charge on any atom is -0.445 e. The number of aromatic nitrogens is 2. The van der Waals surface area contributed by atoms with Crippen LogP contribution in [0.5, 0.6) is 0 Å². The highest BCUT2D eigenvalue weighted by Gasteiger charge is 2.40. The van der Waals surface area contributed by atoms with E-state index in [-0.39, 0.29) is 6.10 Å². The molecule has 0 spiro atoms. The maximum Gasteiger partial charge on any atom is 0.423 e. The Balaban J connectivity index is 1.61. The van der Waals surface area contributed by atoms with E-state index in [4.69, 9.17) is 4.74 Å². The van der Waals surface area contributed by atoms with Crippen molar-refractivity contribution in [2.75, 3.05) is 7.05 Å². The lowest BCUT2D eigenvalue weighted by atomic mass is 10.0. The fourth-order valence-electron chi connectivity index (χ4n) is 4.16. The molecule has 6 nitrogen and oxygen atoms in total. The van der Waals surface area contributed by atoms with Crippen molar-refractivity contribution in [2.24, 2.45) is 0 Å². The Labute approximate surface area is 134 Å². The molecular weight excluding hydrogens is 294 g/mol. The van der Waals surface area contributed by atoms with E-state index in [1.807, 2.05) is 19.1 Å². The minimum atomic E-state index is -0.565. The van der Waals surface area contributed by atoms with Gasteiger partial charge in [0.1, 0.15) is 6.10 Å². The first kappa shape index (κ1) is 14.5. The van der Waals surface area contributed by atoms with Crippen LogP contribution in [-0.4, -0.2) is 45.8 Å². The smallest absolute Gasteiger partial charge is 0.423 e. The van der Waals surface area contributed by atoms with Crippen LogP contribution in [-0.2, 0) is 4.74 Å². The summed E-state index contributed by atoms with van der Waals surface area (Å²) in [4.78, 5) is 29.9. The number of hydrogen-bond donors (Lipinski definition) is 1. The van der Waals surface area contributed by atoms with Crippen LogP contribution < -0.4 is 5.69 Å². The molecule has 3 heterocycles. The van der Waals surface area contributed by atoms with Crippen molar-refractivity contribution in [1.29, 1.82) is 0 Å². The summed E-state index contributed by atoms with van der Waals surface area (Å²) < 4.78 is 6.82. The van der Waals surface area contributed by atoms with Crippen LogP contribution in [0.15, 0.2) is 23.0 Å². The lowest BCUT2D eigenvalue weighted by molar-refractivity contribution is 0.0290. The predicted molar refractivity (Wildman–Crippen MR) is 86.8 cm³/mol. The Morgan fingerprint density at radius 2 is 1.96 bits per heavy atom. The van der Waals surface area contributed by atoms with Crippen LogP contribution in [0.1, 0.15) is 31.2 Å². The second-order valence-corrected chi connectivity index (χ2v) is 6.76. The molecule has 122 valence electrons. The number of benzene rings is 1. The van der Waals surface area contributed by atoms with Gasteiger partial charge >= 0.3 is 11.8 Å². The zero-order chi connectivity index (χ0) is 16.1. The van der Waals surface area contributed by atoms with E-state index in [2.05, 4.69) is 16.9 Å². The second-order valence-electron chi connectivity index (χ2n) is 6.76. The number of nitrogens with one attached hydrogen (secondary N) is 1. The van der Waals surface area contributed by atoms with Crippen LogP contribution >= 0.6 is 0 Å². The predicted octanol–water partition coefficient (Wildman–Crippen LogP) is 2.25. The number of imidazole rings is 1. The molecular formula is C17H21N3O3. The summed E-state index contributed by atoms with van der Waals surface area (Å²) in [5.74, 6) is 0. The van der Waals surface area contributed by atoms with Crippen LogP contribution in [0, 0.1) is 6.92 Å². The Bertz CT molecular complexity index is 808. The standard InChI is InChI=1S/C17H21N3O3/c1-10-4-3-5-14-15(10)20(16(21)18-14)17(22)23-13-8-11-6-7-12(9-13)19(11)2/h3-5,11-13H,6-9H2,1-2H3,(H,18,21)/t11-,12+,13?. The number of rotatable bonds is 1. The van der Waals surface area contributed by atoms with Gasteiger partial charge < -0.3 is 14.6 Å². The van der Waals surface area contributed by atoms with Crippen molar-refractivity contribution < 1.29 is 9.53 Å². The Hall–Kier alpha value is -2.08. The van der Waals surface area contributed by atoms with Gasteiger partial charge in [-0.05, 0) is 38.4 Å². The van der Waals surface area contributed by atoms with Gasteiger partial charge in [-0.25, -0.2) is 9.59 Å². The van der Waals surface area contributed by atoms with Crippen molar-refractivity contribution in [3.05, 3.63) is 34.2 Å². The number of carbonyl (C=O) groups is 1. The number of ether oxygens (including phenoxy) is 1. The van der Waals surface area contributed by atoms with Crippen molar-refractivity contribution in [3.8, 4) is 0 Å². The van der Waals surface area contributed by atoms with Crippen molar-refractivity contribution in [2.45, 2.75) is 50.8 Å². The van der Waals surface area contributed by atoms with Crippen LogP contribution in [0.3, 0.4) is 0 Å². The lowest BCUT2D eigenvalue weighted by Gasteiger charge is -2.35. The van der Waals surface area contributed by atoms with Gasteiger partial charge in [-0.2, -0.15) is 4.57 Å². The zero-order valence-corrected chi connectivity index (χ0v) is 13.4. The number of fused-ring (bicyclic) bond motifs is 3. The molecule has 2 bridgehead atoms. The molecule has 2 aromatic rings. The maximum absolute atomic E-state index is 12.6. The van der Waals surface area contributed by atoms with Gasteiger partial charge in [0.05, 0.1) is 11.0 Å². The molecule has 3 atom stereocenters. The quantitative estimate of drug-likeness (QED) is 0.876. The van der Waals surface area contributed by atoms with E-state index >= 15 is 0 Å². The number of H-pyrrole nitrogens is 1. The van der Waals surface area contributed by atoms with Gasteiger partial charge in [0.15, 0.2) is 0 Å². The molecule has 4 rings (SSSR count). The molecule has 2 fully saturated rings. The molecule has 0 aliphatic carbocycles. The third-order valence-corrected chi connectivity index (χ3v) is 5.41. The normalized spacial score (nSPS) is 27.5. The third-order valence-electron chi connectivity index (χ3n) is 5.41. The fourth-order valence-corrected chi connectivity index (χ4v) is 4.16. The summed E-state index contributed by atoms with van der Waals surface area (Å²) in [6, 6.07) is 6.53. The number of piperidine rings is 1. The first-order valence-corrected chi connectivity index (χ1v) is 8.18. The third kappa shape index (κ3) is 2.28. The average Bonchev–Trinajstić information content (AvgIpc) is 2.92. The highest BCUT2D eigenvalue weighted by molar-refractivity contribution is 5.88. The topological polar surface area (TPSA) is 67.3 Å². The Morgan fingerprint density at radius 3 is 2.65 bits per heavy atom. The molecule has 0 saturated carbocycles. The van der Waals surface area contributed by atoms with Crippen molar-refractivity contribution in [1.82, 2.24) is 14.5 Å². The molecule has 1 aromatic heterocycles. The molecule has 1 aromatic carbocycles. The SMILES string of the molecule is Cc1cccc2[nH]c(=O)n(C(=O)OC3C[C@H]4CC[C@@H](C3)N4C)c12. The zero-order valence-electron chi connectivity index (χ0n) is 13.4. The largest absolute Gasteiger partial charge is 0.445 e. The number of aromatic amines is 1. The van der Waals surface area contributed by atoms with Gasteiger partial charge in [0, 0.05) is 24.9 Å². The van der Waals surface area contributed by atoms with Crippen LogP contribution in [0.4, 0.5) is 4.79 Å². The molecule has 0 radical (unpaired) electrons. The fraction of sp³-hybridized carbons (Fsp3) is 0.529. The number of aryl methyl sites for hydroxylation is 1. The summed E-state index contributed by atoms with van der Waals surface area (Å²) >= 11 is 0. The molecule has 2 aliphatic rings. The molecule has 0 amide bonds. The minimum absolute atomic E-state index is 0.0999. The molecule has 23 heavy (non-hydrogen) atoms. The number of hydrogen-bond acceptors (Lipinski definition) is 4. The van der Waals surface area contributed by atoms with E-state index in [0.29, 0.717) is 23.1 Å². The molecule has 1 unspecified atom stereocenters. The summed E-state index contributed by atoms with van der Waals surface area (Å²) in [5, 5.41) is 0. The van der Waals surface area contributed by atoms with Gasteiger partial charge in [-0.15, -0.1) is 0 Å². The summed E-state index contributed by atoms with van der Waals surface area (Å²) in [7, 11) is 2.15. The summed E-state index contributed by atoms with van der Waals surface area (Å²) in [6.07, 6.45) is 3.38. The number of para-hydroxylation sites is 1. The van der Waals surface area contributed by atoms with E-state index < -0.39 is 11.8 Å². The lowest BCUT2D eigenvalue weighted by Crippen LogP contribution is -2.44. The monoisotopic (exact) mass is 315 g/mol. The first-order valence-electron chi connectivity index (χ1n) is 8.18. The van der Waals surface area contributed by atoms with E-state index in [9.17, 15) is 9.59 Å². The summed E-state index contributed by atoms with van der Waals surface area (Å²) in [5.41, 5.74) is 1.71. The Kier molecular flexibility index (Phi) is 3.30. The maximum atomic E-state index is 12.6. The van der Waals surface area contributed by atoms with Crippen molar-refractivity contribution >= 4 is 17.1 Å². The molecule has 1 N–H and O–H groups in total. The van der Waals surface area contributed by atoms with Crippen LogP contribution in [0.2, 0.25) is 0 Å². The van der Waals surface area contributed by atoms with Crippen LogP contribution in [0.25, 0.3) is 11.0 Å². The first-order chi connectivity index (χ1) is 11.0. The van der Waals surface area contributed by atoms with Crippen molar-refractivity contribution in [3.63, 3.8) is 0 Å². The van der Waals surface area contributed by atoms with E-state index in [1.165, 1.54) is 12.8 Å². The molecule has 6 heteroatoms. The van der Waals surface area contributed by atoms with E-state index in [0.717, 1.165) is 23.0 Å². The molecule has 2 saturated heterocycles. The highest BCUT2D eigenvalue weighted by Crippen LogP contribution is 2.35.